The van der Waals surface area contributed by atoms with Crippen molar-refractivity contribution in [1.82, 2.24) is 0 Å². The van der Waals surface area contributed by atoms with Gasteiger partial charge in [-0.05, 0) is 84.3 Å². The number of azo groups is 2. The topological polar surface area (TPSA) is 164 Å². The smallest absolute Gasteiger partial charge is 0.339 e. The van der Waals surface area contributed by atoms with E-state index in [4.69, 9.17) is 0 Å². The van der Waals surface area contributed by atoms with E-state index in [0.29, 0.717) is 22.7 Å². The number of carboxylic acid groups (broad SMARTS) is 2. The normalized spacial score (nSPS) is 14.1. The minimum absolute atomic E-state index is 0.232. The molecule has 10 nitrogen and oxygen atoms in total. The summed E-state index contributed by atoms with van der Waals surface area (Å²) in [6.45, 7) is 0. The number of carbonyl (C=O) groups is 2. The average molecular weight is 597 g/mol. The molecule has 0 saturated heterocycles. The number of carboxylic acids is 2. The van der Waals surface area contributed by atoms with Gasteiger partial charge in [0.05, 0.1) is 22.7 Å². The van der Waals surface area contributed by atoms with Crippen LogP contribution in [0.25, 0.3) is 4.91 Å². The van der Waals surface area contributed by atoms with Crippen molar-refractivity contribution < 1.29 is 30.0 Å². The van der Waals surface area contributed by atoms with Gasteiger partial charge in [0, 0.05) is 26.0 Å². The highest BCUT2D eigenvalue weighted by Gasteiger charge is 2.26. The SMILES string of the molecule is O=C(O)c1cc(N=Nc2ccc3c(c2)CC2=C(S3)c3ccc(N=Nc4ccc(O)c(C(=O)O)c4)cc3SC2)ccc1O. The van der Waals surface area contributed by atoms with Crippen molar-refractivity contribution in [3.63, 3.8) is 0 Å². The Labute approximate surface area is 247 Å². The number of aromatic carboxylic acids is 2. The fraction of sp³-hybridized carbons (Fsp3) is 0.0667. The average Bonchev–Trinajstić information content (AvgIpc) is 2.98. The highest BCUT2D eigenvalue weighted by atomic mass is 32.2. The van der Waals surface area contributed by atoms with Crippen LogP contribution >= 0.6 is 23.5 Å². The molecule has 0 amide bonds. The summed E-state index contributed by atoms with van der Waals surface area (Å²) in [5.74, 6) is -2.32. The fourth-order valence-corrected chi connectivity index (χ4v) is 6.97. The first-order chi connectivity index (χ1) is 20.2. The van der Waals surface area contributed by atoms with Gasteiger partial charge in [-0.25, -0.2) is 9.59 Å². The molecule has 0 fully saturated rings. The van der Waals surface area contributed by atoms with E-state index in [2.05, 4.69) is 20.5 Å². The molecule has 0 atom stereocenters. The summed E-state index contributed by atoms with van der Waals surface area (Å²) in [6, 6.07) is 19.8. The zero-order chi connectivity index (χ0) is 29.4. The van der Waals surface area contributed by atoms with E-state index in [9.17, 15) is 30.0 Å². The highest BCUT2D eigenvalue weighted by molar-refractivity contribution is 8.09. The Balaban J connectivity index is 1.20. The number of benzene rings is 4. The number of thioether (sulfide) groups is 2. The van der Waals surface area contributed by atoms with Crippen LogP contribution in [0.3, 0.4) is 0 Å². The molecule has 4 aromatic carbocycles. The molecule has 0 unspecified atom stereocenters. The Morgan fingerprint density at radius 3 is 1.76 bits per heavy atom. The van der Waals surface area contributed by atoms with Crippen LogP contribution in [0.1, 0.15) is 31.8 Å². The maximum atomic E-state index is 11.3. The van der Waals surface area contributed by atoms with Gasteiger partial charge in [0.25, 0.3) is 0 Å². The number of hydrogen-bond donors (Lipinski definition) is 4. The van der Waals surface area contributed by atoms with Crippen LogP contribution in [-0.4, -0.2) is 38.1 Å². The predicted octanol–water partition coefficient (Wildman–Crippen LogP) is 8.49. The van der Waals surface area contributed by atoms with E-state index in [0.717, 1.165) is 33.1 Å². The van der Waals surface area contributed by atoms with Crippen molar-refractivity contribution in [1.29, 1.82) is 0 Å². The minimum atomic E-state index is -1.24. The molecule has 12 heteroatoms. The number of nitrogens with zero attached hydrogens (tertiary/aromatic N) is 4. The molecule has 0 aliphatic carbocycles. The predicted molar refractivity (Wildman–Crippen MR) is 159 cm³/mol. The van der Waals surface area contributed by atoms with Crippen molar-refractivity contribution in [3.8, 4) is 11.5 Å². The lowest BCUT2D eigenvalue weighted by molar-refractivity contribution is 0.0682. The van der Waals surface area contributed by atoms with Gasteiger partial charge in [0.15, 0.2) is 0 Å². The maximum Gasteiger partial charge on any atom is 0.339 e. The van der Waals surface area contributed by atoms with E-state index in [1.165, 1.54) is 46.9 Å². The fourth-order valence-electron chi connectivity index (χ4n) is 4.51. The standard InChI is InChI=1S/C30H20N4O6S2/c35-24-6-2-18(11-22(24)29(37)38)32-31-17-4-8-26-15(10-17)9-16-14-41-27-13-20(1-5-21(27)28(16)42-26)34-33-19-3-7-25(36)23(12-19)30(39)40/h1-8,10-13,35-36H,9,14H2,(H,37,38)(H,39,40). The van der Waals surface area contributed by atoms with Gasteiger partial charge in [-0.15, -0.1) is 11.8 Å². The van der Waals surface area contributed by atoms with Gasteiger partial charge in [-0.1, -0.05) is 17.8 Å². The zero-order valence-corrected chi connectivity index (χ0v) is 23.2. The summed E-state index contributed by atoms with van der Waals surface area (Å²) in [5, 5.41) is 54.7. The van der Waals surface area contributed by atoms with Crippen molar-refractivity contribution in [3.05, 3.63) is 101 Å². The first-order valence-electron chi connectivity index (χ1n) is 12.5. The first kappa shape index (κ1) is 27.2. The number of fused-ring (bicyclic) bond motifs is 3. The lowest BCUT2D eigenvalue weighted by Crippen LogP contribution is -2.08. The Morgan fingerprint density at radius 1 is 0.643 bits per heavy atom. The summed E-state index contributed by atoms with van der Waals surface area (Å²) in [5.41, 5.74) is 5.04. The van der Waals surface area contributed by atoms with Crippen LogP contribution in [0.15, 0.2) is 109 Å². The number of rotatable bonds is 6. The molecule has 2 aliphatic heterocycles. The van der Waals surface area contributed by atoms with E-state index in [-0.39, 0.29) is 22.6 Å². The first-order valence-corrected chi connectivity index (χ1v) is 14.3. The van der Waals surface area contributed by atoms with E-state index >= 15 is 0 Å². The Kier molecular flexibility index (Phi) is 7.23. The molecule has 4 aromatic rings. The monoisotopic (exact) mass is 596 g/mol. The Bertz CT molecular complexity index is 1890. The van der Waals surface area contributed by atoms with Crippen LogP contribution in [0, 0.1) is 0 Å². The highest BCUT2D eigenvalue weighted by Crippen LogP contribution is 2.51. The molecular formula is C30H20N4O6S2. The lowest BCUT2D eigenvalue weighted by atomic mass is 10.0. The molecule has 42 heavy (non-hydrogen) atoms. The van der Waals surface area contributed by atoms with E-state index < -0.39 is 11.9 Å². The lowest BCUT2D eigenvalue weighted by Gasteiger charge is -2.28. The molecule has 0 radical (unpaired) electrons. The molecular weight excluding hydrogens is 576 g/mol. The van der Waals surface area contributed by atoms with Crippen LogP contribution in [-0.2, 0) is 6.42 Å². The van der Waals surface area contributed by atoms with Crippen molar-refractivity contribution in [2.75, 3.05) is 5.75 Å². The van der Waals surface area contributed by atoms with Crippen molar-refractivity contribution in [2.24, 2.45) is 20.5 Å². The van der Waals surface area contributed by atoms with Gasteiger partial charge >= 0.3 is 11.9 Å². The van der Waals surface area contributed by atoms with E-state index in [1.807, 2.05) is 36.4 Å². The van der Waals surface area contributed by atoms with Crippen LogP contribution in [0.2, 0.25) is 0 Å². The summed E-state index contributed by atoms with van der Waals surface area (Å²) in [7, 11) is 0. The number of aromatic hydroxyl groups is 2. The second-order valence-electron chi connectivity index (χ2n) is 9.39. The summed E-state index contributed by atoms with van der Waals surface area (Å²) in [6.07, 6.45) is 0.768. The molecule has 4 N–H and O–H groups in total. The molecule has 6 rings (SSSR count). The number of hydrogen-bond acceptors (Lipinski definition) is 10. The third-order valence-corrected chi connectivity index (χ3v) is 9.05. The molecule has 0 spiro atoms. The molecule has 208 valence electrons. The van der Waals surface area contributed by atoms with Crippen LogP contribution in [0.5, 0.6) is 11.5 Å². The van der Waals surface area contributed by atoms with Gasteiger partial charge in [0.1, 0.15) is 22.6 Å². The number of phenols is 2. The molecule has 0 bridgehead atoms. The zero-order valence-electron chi connectivity index (χ0n) is 21.6. The van der Waals surface area contributed by atoms with Gasteiger partial charge in [-0.3, -0.25) is 0 Å². The van der Waals surface area contributed by atoms with Gasteiger partial charge in [0.2, 0.25) is 0 Å². The molecule has 0 saturated carbocycles. The Hall–Kier alpha value is -4.94. The van der Waals surface area contributed by atoms with Gasteiger partial charge < -0.3 is 20.4 Å². The van der Waals surface area contributed by atoms with Gasteiger partial charge in [-0.2, -0.15) is 20.5 Å². The quantitative estimate of drug-likeness (QED) is 0.161. The summed E-state index contributed by atoms with van der Waals surface area (Å²) >= 11 is 3.42. The molecule has 2 heterocycles. The molecule has 2 aliphatic rings. The third-order valence-electron chi connectivity index (χ3n) is 6.58. The second-order valence-corrected chi connectivity index (χ2v) is 11.5. The van der Waals surface area contributed by atoms with Crippen molar-refractivity contribution in [2.45, 2.75) is 16.2 Å². The second kappa shape index (κ2) is 11.1. The Morgan fingerprint density at radius 2 is 1.17 bits per heavy atom. The minimum Gasteiger partial charge on any atom is -0.507 e. The largest absolute Gasteiger partial charge is 0.507 e. The third kappa shape index (κ3) is 5.49. The van der Waals surface area contributed by atoms with Crippen LogP contribution < -0.4 is 0 Å². The van der Waals surface area contributed by atoms with Crippen molar-refractivity contribution >= 4 is 63.1 Å². The summed E-state index contributed by atoms with van der Waals surface area (Å²) < 4.78 is 0. The molecule has 0 aromatic heterocycles. The maximum absolute atomic E-state index is 11.3. The van der Waals surface area contributed by atoms with Crippen LogP contribution in [0.4, 0.5) is 22.7 Å². The summed E-state index contributed by atoms with van der Waals surface area (Å²) in [4.78, 5) is 25.9. The van der Waals surface area contributed by atoms with E-state index in [1.54, 1.807) is 23.5 Å².